The molecular formula is C25H31O4P. The minimum Gasteiger partial charge on any atom is -0.465 e. The number of ether oxygens (including phenoxy) is 1. The number of hydrogen-bond acceptors (Lipinski definition) is 4. The first kappa shape index (κ1) is 24.0. The number of rotatable bonds is 7. The van der Waals surface area contributed by atoms with Crippen molar-refractivity contribution in [3.63, 3.8) is 0 Å². The van der Waals surface area contributed by atoms with Crippen molar-refractivity contribution >= 4 is 24.9 Å². The van der Waals surface area contributed by atoms with Crippen LogP contribution in [0.2, 0.25) is 0 Å². The summed E-state index contributed by atoms with van der Waals surface area (Å²) in [4.78, 5) is 40.1. The summed E-state index contributed by atoms with van der Waals surface area (Å²) < 4.78 is 5.19. The zero-order valence-corrected chi connectivity index (χ0v) is 20.1. The molecule has 160 valence electrons. The number of hydrogen-bond donors (Lipinski definition) is 0. The van der Waals surface area contributed by atoms with E-state index in [1.165, 1.54) is 0 Å². The topological polar surface area (TPSA) is 60.4 Å². The standard InChI is InChI=1S/C25H31O4P/c1-9-29-23(26)20(8)30(24(27)21-16(4)10-14(2)11-17(21)5)25(28)22-18(6)12-15(3)13-19(22)7/h10-13,20H,9H2,1-8H3. The molecule has 30 heavy (non-hydrogen) atoms. The predicted molar refractivity (Wildman–Crippen MR) is 123 cm³/mol. The summed E-state index contributed by atoms with van der Waals surface area (Å²) in [5, 5.41) is 0. The quantitative estimate of drug-likeness (QED) is 0.405. The molecule has 0 saturated heterocycles. The normalized spacial score (nSPS) is 12.0. The van der Waals surface area contributed by atoms with Gasteiger partial charge in [0.05, 0.1) is 20.2 Å². The lowest BCUT2D eigenvalue weighted by molar-refractivity contribution is -0.142. The highest BCUT2D eigenvalue weighted by atomic mass is 31.1. The highest BCUT2D eigenvalue weighted by Gasteiger charge is 2.39. The number of carbonyl (C=O) groups excluding carboxylic acids is 3. The predicted octanol–water partition coefficient (Wildman–Crippen LogP) is 5.95. The van der Waals surface area contributed by atoms with Crippen molar-refractivity contribution in [2.45, 2.75) is 61.0 Å². The van der Waals surface area contributed by atoms with Gasteiger partial charge in [0.25, 0.3) is 0 Å². The molecule has 0 spiro atoms. The maximum absolute atomic E-state index is 13.8. The Labute approximate surface area is 180 Å². The zero-order valence-electron chi connectivity index (χ0n) is 19.2. The summed E-state index contributed by atoms with van der Waals surface area (Å²) in [7, 11) is -1.98. The Balaban J connectivity index is 2.66. The molecule has 0 amide bonds. The minimum atomic E-state index is -1.98. The smallest absolute Gasteiger partial charge is 0.313 e. The van der Waals surface area contributed by atoms with E-state index < -0.39 is 19.5 Å². The fourth-order valence-electron chi connectivity index (χ4n) is 4.09. The van der Waals surface area contributed by atoms with Gasteiger partial charge in [0.1, 0.15) is 0 Å². The Bertz CT molecular complexity index is 891. The molecule has 0 heterocycles. The van der Waals surface area contributed by atoms with Crippen molar-refractivity contribution < 1.29 is 19.1 Å². The Morgan fingerprint density at radius 2 is 1.10 bits per heavy atom. The summed E-state index contributed by atoms with van der Waals surface area (Å²) in [5.74, 6) is -0.504. The molecule has 1 unspecified atom stereocenters. The third kappa shape index (κ3) is 4.87. The van der Waals surface area contributed by atoms with Gasteiger partial charge >= 0.3 is 5.97 Å². The van der Waals surface area contributed by atoms with Gasteiger partial charge in [-0.25, -0.2) is 0 Å². The molecule has 0 aromatic heterocycles. The van der Waals surface area contributed by atoms with Crippen LogP contribution in [0.4, 0.5) is 0 Å². The van der Waals surface area contributed by atoms with Crippen LogP contribution >= 0.6 is 7.92 Å². The van der Waals surface area contributed by atoms with E-state index in [0.29, 0.717) is 11.1 Å². The van der Waals surface area contributed by atoms with Crippen LogP contribution in [-0.4, -0.2) is 29.3 Å². The molecule has 5 heteroatoms. The van der Waals surface area contributed by atoms with E-state index in [-0.39, 0.29) is 17.7 Å². The molecule has 0 radical (unpaired) electrons. The summed E-state index contributed by atoms with van der Waals surface area (Å²) in [6, 6.07) is 7.76. The Morgan fingerprint density at radius 3 is 1.40 bits per heavy atom. The molecule has 0 fully saturated rings. The third-order valence-corrected chi connectivity index (χ3v) is 7.54. The number of aryl methyl sites for hydroxylation is 6. The maximum atomic E-state index is 13.8. The summed E-state index contributed by atoms with van der Waals surface area (Å²) in [5.41, 5.74) is 5.16. The van der Waals surface area contributed by atoms with Crippen LogP contribution < -0.4 is 0 Å². The molecule has 0 aliphatic carbocycles. The molecule has 0 bridgehead atoms. The van der Waals surface area contributed by atoms with E-state index in [1.807, 2.05) is 65.8 Å². The average molecular weight is 426 g/mol. The van der Waals surface area contributed by atoms with Crippen LogP contribution in [0.15, 0.2) is 24.3 Å². The van der Waals surface area contributed by atoms with E-state index in [9.17, 15) is 14.4 Å². The number of carbonyl (C=O) groups is 3. The summed E-state index contributed by atoms with van der Waals surface area (Å²) in [6.07, 6.45) is 0. The first-order chi connectivity index (χ1) is 14.0. The lowest BCUT2D eigenvalue weighted by Gasteiger charge is -2.24. The van der Waals surface area contributed by atoms with Gasteiger partial charge in [-0.1, -0.05) is 35.4 Å². The summed E-state index contributed by atoms with van der Waals surface area (Å²) in [6.45, 7) is 15.0. The highest BCUT2D eigenvalue weighted by molar-refractivity contribution is 7.91. The first-order valence-corrected chi connectivity index (χ1v) is 11.6. The second-order valence-electron chi connectivity index (χ2n) is 7.96. The molecular weight excluding hydrogens is 395 g/mol. The number of esters is 1. The van der Waals surface area contributed by atoms with Gasteiger partial charge in [0.2, 0.25) is 0 Å². The van der Waals surface area contributed by atoms with Gasteiger partial charge in [0, 0.05) is 11.1 Å². The van der Waals surface area contributed by atoms with Gasteiger partial charge in [-0.05, 0) is 77.6 Å². The zero-order chi connectivity index (χ0) is 22.7. The number of benzene rings is 2. The fourth-order valence-corrected chi connectivity index (χ4v) is 6.45. The van der Waals surface area contributed by atoms with Crippen LogP contribution in [0.1, 0.15) is 67.9 Å². The van der Waals surface area contributed by atoms with Crippen LogP contribution in [0, 0.1) is 41.5 Å². The van der Waals surface area contributed by atoms with Gasteiger partial charge in [-0.2, -0.15) is 0 Å². The van der Waals surface area contributed by atoms with Crippen molar-refractivity contribution in [2.75, 3.05) is 6.61 Å². The average Bonchev–Trinajstić information content (AvgIpc) is 2.60. The first-order valence-electron chi connectivity index (χ1n) is 10.2. The molecule has 0 aliphatic heterocycles. The maximum Gasteiger partial charge on any atom is 0.313 e. The fraction of sp³-hybridized carbons (Fsp3) is 0.400. The van der Waals surface area contributed by atoms with Crippen molar-refractivity contribution in [1.29, 1.82) is 0 Å². The summed E-state index contributed by atoms with van der Waals surface area (Å²) >= 11 is 0. The lowest BCUT2D eigenvalue weighted by Crippen LogP contribution is -2.26. The minimum absolute atomic E-state index is 0.208. The van der Waals surface area contributed by atoms with Crippen molar-refractivity contribution in [3.05, 3.63) is 68.8 Å². The second kappa shape index (κ2) is 9.66. The molecule has 4 nitrogen and oxygen atoms in total. The van der Waals surface area contributed by atoms with E-state index in [1.54, 1.807) is 13.8 Å². The third-order valence-electron chi connectivity index (χ3n) is 5.23. The Hall–Kier alpha value is -2.32. The molecule has 1 atom stereocenters. The van der Waals surface area contributed by atoms with Gasteiger partial charge in [-0.15, -0.1) is 0 Å². The van der Waals surface area contributed by atoms with Crippen molar-refractivity contribution in [3.8, 4) is 0 Å². The second-order valence-corrected chi connectivity index (χ2v) is 10.3. The van der Waals surface area contributed by atoms with Crippen LogP contribution in [0.25, 0.3) is 0 Å². The molecule has 2 aromatic rings. The molecule has 0 N–H and O–H groups in total. The Kier molecular flexibility index (Phi) is 7.71. The largest absolute Gasteiger partial charge is 0.465 e. The van der Waals surface area contributed by atoms with Gasteiger partial charge < -0.3 is 4.74 Å². The highest BCUT2D eigenvalue weighted by Crippen LogP contribution is 2.50. The SMILES string of the molecule is CCOC(=O)C(C)P(C(=O)c1c(C)cc(C)cc1C)C(=O)c1c(C)cc(C)cc1C. The lowest BCUT2D eigenvalue weighted by atomic mass is 10.0. The van der Waals surface area contributed by atoms with Crippen LogP contribution in [0.5, 0.6) is 0 Å². The van der Waals surface area contributed by atoms with E-state index in [4.69, 9.17) is 4.74 Å². The van der Waals surface area contributed by atoms with Gasteiger partial charge in [-0.3, -0.25) is 14.4 Å². The molecule has 0 saturated carbocycles. The molecule has 0 aliphatic rings. The molecule has 2 aromatic carbocycles. The van der Waals surface area contributed by atoms with Gasteiger partial charge in [0.15, 0.2) is 11.0 Å². The van der Waals surface area contributed by atoms with E-state index in [0.717, 1.165) is 33.4 Å². The van der Waals surface area contributed by atoms with Crippen LogP contribution in [0.3, 0.4) is 0 Å². The van der Waals surface area contributed by atoms with E-state index >= 15 is 0 Å². The monoisotopic (exact) mass is 426 g/mol. The van der Waals surface area contributed by atoms with Crippen molar-refractivity contribution in [1.82, 2.24) is 0 Å². The van der Waals surface area contributed by atoms with Crippen molar-refractivity contribution in [2.24, 2.45) is 0 Å². The van der Waals surface area contributed by atoms with Crippen LogP contribution in [-0.2, 0) is 9.53 Å². The molecule has 2 rings (SSSR count). The van der Waals surface area contributed by atoms with E-state index in [2.05, 4.69) is 0 Å². The Morgan fingerprint density at radius 1 is 0.767 bits per heavy atom.